The SMILES string of the molecule is N#C/C(=C\c1ccco1)C(=O)NCCS(=O)c1ccccc1. The van der Waals surface area contributed by atoms with Crippen LogP contribution < -0.4 is 5.32 Å². The third kappa shape index (κ3) is 4.43. The van der Waals surface area contributed by atoms with E-state index in [1.165, 1.54) is 12.3 Å². The van der Waals surface area contributed by atoms with E-state index in [4.69, 9.17) is 9.68 Å². The highest BCUT2D eigenvalue weighted by atomic mass is 32.2. The Morgan fingerprint density at radius 3 is 2.68 bits per heavy atom. The topological polar surface area (TPSA) is 83.1 Å². The lowest BCUT2D eigenvalue weighted by molar-refractivity contribution is -0.116. The molecule has 0 aliphatic heterocycles. The molecular formula is C16H14N2O3S. The molecule has 112 valence electrons. The van der Waals surface area contributed by atoms with Crippen molar-refractivity contribution in [1.82, 2.24) is 5.32 Å². The Morgan fingerprint density at radius 2 is 2.05 bits per heavy atom. The second-order valence-electron chi connectivity index (χ2n) is 4.30. The first-order valence-electron chi connectivity index (χ1n) is 6.57. The maximum Gasteiger partial charge on any atom is 0.262 e. The molecular weight excluding hydrogens is 300 g/mol. The van der Waals surface area contributed by atoms with Crippen LogP contribution in [-0.4, -0.2) is 22.4 Å². The second kappa shape index (κ2) is 7.96. The van der Waals surface area contributed by atoms with Gasteiger partial charge in [-0.25, -0.2) is 0 Å². The lowest BCUT2D eigenvalue weighted by Crippen LogP contribution is -2.28. The molecule has 0 aliphatic carbocycles. The van der Waals surface area contributed by atoms with Crippen molar-refractivity contribution in [1.29, 1.82) is 5.26 Å². The monoisotopic (exact) mass is 314 g/mol. The predicted molar refractivity (Wildman–Crippen MR) is 83.0 cm³/mol. The average molecular weight is 314 g/mol. The maximum absolute atomic E-state index is 12.0. The number of carbonyl (C=O) groups is 1. The molecule has 1 aromatic carbocycles. The number of hydrogen-bond acceptors (Lipinski definition) is 4. The van der Waals surface area contributed by atoms with Gasteiger partial charge >= 0.3 is 0 Å². The molecule has 0 bridgehead atoms. The Bertz CT molecular complexity index is 716. The molecule has 1 atom stereocenters. The summed E-state index contributed by atoms with van der Waals surface area (Å²) in [5.41, 5.74) is -0.0551. The minimum Gasteiger partial charge on any atom is -0.465 e. The first-order valence-corrected chi connectivity index (χ1v) is 7.89. The predicted octanol–water partition coefficient (Wildman–Crippen LogP) is 2.11. The molecule has 1 amide bonds. The molecule has 1 heterocycles. The molecule has 6 heteroatoms. The zero-order valence-corrected chi connectivity index (χ0v) is 12.5. The molecule has 0 aliphatic rings. The third-order valence-corrected chi connectivity index (χ3v) is 4.15. The lowest BCUT2D eigenvalue weighted by atomic mass is 10.2. The molecule has 5 nitrogen and oxygen atoms in total. The Morgan fingerprint density at radius 1 is 1.27 bits per heavy atom. The fourth-order valence-corrected chi connectivity index (χ4v) is 2.69. The van der Waals surface area contributed by atoms with Crippen molar-refractivity contribution in [3.63, 3.8) is 0 Å². The van der Waals surface area contributed by atoms with Crippen LogP contribution in [0, 0.1) is 11.3 Å². The largest absolute Gasteiger partial charge is 0.465 e. The van der Waals surface area contributed by atoms with Gasteiger partial charge < -0.3 is 9.73 Å². The van der Waals surface area contributed by atoms with E-state index in [2.05, 4.69) is 5.32 Å². The Labute approximate surface area is 130 Å². The summed E-state index contributed by atoms with van der Waals surface area (Å²) < 4.78 is 17.0. The number of furan rings is 1. The summed E-state index contributed by atoms with van der Waals surface area (Å²) in [6.07, 6.45) is 2.82. The zero-order valence-electron chi connectivity index (χ0n) is 11.7. The summed E-state index contributed by atoms with van der Waals surface area (Å²) in [6.45, 7) is 0.220. The number of nitrogens with one attached hydrogen (secondary N) is 1. The molecule has 0 radical (unpaired) electrons. The van der Waals surface area contributed by atoms with Crippen LogP contribution in [0.5, 0.6) is 0 Å². The van der Waals surface area contributed by atoms with Crippen LogP contribution in [0.4, 0.5) is 0 Å². The number of nitriles is 1. The normalized spacial score (nSPS) is 12.4. The van der Waals surface area contributed by atoms with Crippen molar-refractivity contribution in [3.8, 4) is 6.07 Å². The first-order chi connectivity index (χ1) is 10.7. The first kappa shape index (κ1) is 15.7. The lowest BCUT2D eigenvalue weighted by Gasteiger charge is -2.04. The van der Waals surface area contributed by atoms with E-state index in [9.17, 15) is 9.00 Å². The highest BCUT2D eigenvalue weighted by Crippen LogP contribution is 2.07. The minimum absolute atomic E-state index is 0.0551. The highest BCUT2D eigenvalue weighted by molar-refractivity contribution is 7.85. The molecule has 1 unspecified atom stereocenters. The number of carbonyl (C=O) groups excluding carboxylic acids is 1. The van der Waals surface area contributed by atoms with E-state index in [0.717, 1.165) is 0 Å². The number of rotatable bonds is 6. The Hall–Kier alpha value is -2.65. The summed E-state index contributed by atoms with van der Waals surface area (Å²) in [4.78, 5) is 12.6. The Balaban J connectivity index is 1.87. The van der Waals surface area contributed by atoms with Crippen LogP contribution in [0.15, 0.2) is 63.6 Å². The van der Waals surface area contributed by atoms with Gasteiger partial charge in [0.25, 0.3) is 5.91 Å². The standard InChI is InChI=1S/C16H14N2O3S/c17-12-13(11-14-5-4-9-21-14)16(19)18-8-10-22(20)15-6-2-1-3-7-15/h1-7,9,11H,8,10H2,(H,18,19)/b13-11+. The van der Waals surface area contributed by atoms with Gasteiger partial charge in [-0.15, -0.1) is 0 Å². The number of benzene rings is 1. The van der Waals surface area contributed by atoms with Gasteiger partial charge in [-0.05, 0) is 24.3 Å². The number of nitrogens with zero attached hydrogens (tertiary/aromatic N) is 1. The quantitative estimate of drug-likeness (QED) is 0.654. The molecule has 0 spiro atoms. The van der Waals surface area contributed by atoms with Gasteiger partial charge in [-0.3, -0.25) is 9.00 Å². The number of amides is 1. The van der Waals surface area contributed by atoms with Crippen LogP contribution in [0.1, 0.15) is 5.76 Å². The van der Waals surface area contributed by atoms with Crippen molar-refractivity contribution in [3.05, 3.63) is 60.1 Å². The smallest absolute Gasteiger partial charge is 0.262 e. The van der Waals surface area contributed by atoms with Gasteiger partial charge in [-0.1, -0.05) is 18.2 Å². The van der Waals surface area contributed by atoms with Crippen LogP contribution in [0.25, 0.3) is 6.08 Å². The average Bonchev–Trinajstić information content (AvgIpc) is 3.06. The van der Waals surface area contributed by atoms with Crippen molar-refractivity contribution >= 4 is 22.8 Å². The van der Waals surface area contributed by atoms with E-state index in [-0.39, 0.29) is 17.9 Å². The molecule has 22 heavy (non-hydrogen) atoms. The summed E-state index contributed by atoms with van der Waals surface area (Å²) in [6, 6.07) is 14.2. The number of hydrogen-bond donors (Lipinski definition) is 1. The summed E-state index contributed by atoms with van der Waals surface area (Å²) in [7, 11) is -1.18. The highest BCUT2D eigenvalue weighted by Gasteiger charge is 2.10. The maximum atomic E-state index is 12.0. The van der Waals surface area contributed by atoms with Crippen molar-refractivity contribution in [2.24, 2.45) is 0 Å². The van der Waals surface area contributed by atoms with Gasteiger partial charge in [0, 0.05) is 23.3 Å². The molecule has 0 fully saturated rings. The van der Waals surface area contributed by atoms with Crippen molar-refractivity contribution in [2.75, 3.05) is 12.3 Å². The minimum atomic E-state index is -1.18. The van der Waals surface area contributed by atoms with E-state index in [0.29, 0.717) is 10.7 Å². The molecule has 2 rings (SSSR count). The zero-order chi connectivity index (χ0) is 15.8. The van der Waals surface area contributed by atoms with Crippen LogP contribution in [-0.2, 0) is 15.6 Å². The van der Waals surface area contributed by atoms with Crippen molar-refractivity contribution in [2.45, 2.75) is 4.90 Å². The fraction of sp³-hybridized carbons (Fsp3) is 0.125. The van der Waals surface area contributed by atoms with Gasteiger partial charge in [-0.2, -0.15) is 5.26 Å². The third-order valence-electron chi connectivity index (χ3n) is 2.77. The summed E-state index contributed by atoms with van der Waals surface area (Å²) >= 11 is 0. The molecule has 0 saturated carbocycles. The van der Waals surface area contributed by atoms with Gasteiger partial charge in [0.2, 0.25) is 0 Å². The molecule has 2 aromatic rings. The van der Waals surface area contributed by atoms with E-state index in [1.807, 2.05) is 24.3 Å². The van der Waals surface area contributed by atoms with Gasteiger partial charge in [0.1, 0.15) is 17.4 Å². The van der Waals surface area contributed by atoms with Crippen LogP contribution in [0.2, 0.25) is 0 Å². The van der Waals surface area contributed by atoms with Crippen LogP contribution in [0.3, 0.4) is 0 Å². The van der Waals surface area contributed by atoms with Crippen molar-refractivity contribution < 1.29 is 13.4 Å². The van der Waals surface area contributed by atoms with Gasteiger partial charge in [0.15, 0.2) is 0 Å². The molecule has 0 saturated heterocycles. The summed E-state index contributed by atoms with van der Waals surface area (Å²) in [5, 5.41) is 11.6. The van der Waals surface area contributed by atoms with E-state index < -0.39 is 16.7 Å². The Kier molecular flexibility index (Phi) is 5.69. The summed E-state index contributed by atoms with van der Waals surface area (Å²) in [5.74, 6) is 0.207. The van der Waals surface area contributed by atoms with E-state index in [1.54, 1.807) is 24.3 Å². The second-order valence-corrected chi connectivity index (χ2v) is 5.87. The fourth-order valence-electron chi connectivity index (χ4n) is 1.71. The van der Waals surface area contributed by atoms with Crippen LogP contribution >= 0.6 is 0 Å². The van der Waals surface area contributed by atoms with Gasteiger partial charge in [0.05, 0.1) is 17.1 Å². The van der Waals surface area contributed by atoms with E-state index >= 15 is 0 Å². The molecule has 1 aromatic heterocycles. The molecule has 1 N–H and O–H groups in total.